The average molecular weight is 337 g/mol. The van der Waals surface area contributed by atoms with Crippen LogP contribution in [0.3, 0.4) is 0 Å². The summed E-state index contributed by atoms with van der Waals surface area (Å²) < 4.78 is 5.27. The van der Waals surface area contributed by atoms with Gasteiger partial charge >= 0.3 is 0 Å². The van der Waals surface area contributed by atoms with Gasteiger partial charge in [-0.2, -0.15) is 0 Å². The van der Waals surface area contributed by atoms with Crippen LogP contribution in [0.15, 0.2) is 41.9 Å². The van der Waals surface area contributed by atoms with Crippen LogP contribution in [0.25, 0.3) is 22.4 Å². The first-order valence-corrected chi connectivity index (χ1v) is 8.95. The lowest BCUT2D eigenvalue weighted by Gasteiger charge is -2.10. The third-order valence-electron chi connectivity index (χ3n) is 4.15. The van der Waals surface area contributed by atoms with Crippen LogP contribution in [0.4, 0.5) is 5.13 Å². The Bertz CT molecular complexity index is 871. The normalized spacial score (nSPS) is 13.8. The highest BCUT2D eigenvalue weighted by molar-refractivity contribution is 7.14. The predicted octanol–water partition coefficient (Wildman–Crippen LogP) is 4.76. The topological polar surface area (TPSA) is 47.0 Å². The number of hydrogen-bond acceptors (Lipinski definition) is 5. The van der Waals surface area contributed by atoms with Crippen molar-refractivity contribution in [2.75, 3.05) is 12.4 Å². The summed E-state index contributed by atoms with van der Waals surface area (Å²) in [6.45, 7) is 2.01. The molecule has 1 saturated carbocycles. The molecule has 5 heteroatoms. The molecular weight excluding hydrogens is 318 g/mol. The van der Waals surface area contributed by atoms with Crippen molar-refractivity contribution in [3.05, 3.63) is 47.5 Å². The molecule has 1 N–H and O–H groups in total. The summed E-state index contributed by atoms with van der Waals surface area (Å²) >= 11 is 1.67. The highest BCUT2D eigenvalue weighted by atomic mass is 32.1. The summed E-state index contributed by atoms with van der Waals surface area (Å²) in [5.41, 5.74) is 5.38. The molecule has 4 rings (SSSR count). The minimum atomic E-state index is 0.618. The van der Waals surface area contributed by atoms with Gasteiger partial charge in [0, 0.05) is 34.3 Å². The number of nitrogens with one attached hydrogen (secondary N) is 1. The summed E-state index contributed by atoms with van der Waals surface area (Å²) in [6.07, 6.45) is 4.37. The number of rotatable bonds is 5. The average Bonchev–Trinajstić information content (AvgIpc) is 3.30. The van der Waals surface area contributed by atoms with Gasteiger partial charge in [0.2, 0.25) is 5.88 Å². The Kier molecular flexibility index (Phi) is 3.94. The number of methoxy groups -OCH3 is 1. The minimum absolute atomic E-state index is 0.618. The van der Waals surface area contributed by atoms with Crippen LogP contribution >= 0.6 is 11.3 Å². The number of ether oxygens (including phenoxy) is 1. The van der Waals surface area contributed by atoms with E-state index in [9.17, 15) is 0 Å². The second-order valence-electron chi connectivity index (χ2n) is 6.05. The molecule has 4 nitrogen and oxygen atoms in total. The molecule has 0 unspecified atom stereocenters. The lowest BCUT2D eigenvalue weighted by Crippen LogP contribution is -1.99. The third kappa shape index (κ3) is 2.99. The smallest absolute Gasteiger partial charge is 0.215 e. The number of pyridine rings is 1. The van der Waals surface area contributed by atoms with E-state index < -0.39 is 0 Å². The van der Waals surface area contributed by atoms with Crippen molar-refractivity contribution in [3.8, 4) is 28.3 Å². The van der Waals surface area contributed by atoms with E-state index in [4.69, 9.17) is 9.72 Å². The van der Waals surface area contributed by atoms with Crippen molar-refractivity contribution in [2.24, 2.45) is 0 Å². The van der Waals surface area contributed by atoms with E-state index >= 15 is 0 Å². The molecule has 24 heavy (non-hydrogen) atoms. The molecule has 0 spiro atoms. The molecule has 0 aliphatic heterocycles. The maximum atomic E-state index is 5.27. The Labute approximate surface area is 145 Å². The lowest BCUT2D eigenvalue weighted by molar-refractivity contribution is 0.394. The fraction of sp³-hybridized carbons (Fsp3) is 0.263. The summed E-state index contributed by atoms with van der Waals surface area (Å²) in [5.74, 6) is 0.667. The molecule has 3 aromatic rings. The third-order valence-corrected chi connectivity index (χ3v) is 4.92. The number of nitrogens with zero attached hydrogens (tertiary/aromatic N) is 2. The second kappa shape index (κ2) is 6.24. The number of aryl methyl sites for hydroxylation is 1. The van der Waals surface area contributed by atoms with Gasteiger partial charge in [-0.15, -0.1) is 11.3 Å². The molecule has 1 aliphatic rings. The molecule has 0 saturated heterocycles. The molecule has 2 aromatic heterocycles. The maximum absolute atomic E-state index is 5.27. The van der Waals surface area contributed by atoms with Gasteiger partial charge in [0.15, 0.2) is 5.13 Å². The first kappa shape index (κ1) is 15.1. The Hall–Kier alpha value is -2.40. The molecule has 0 amide bonds. The van der Waals surface area contributed by atoms with E-state index in [1.165, 1.54) is 12.8 Å². The summed E-state index contributed by atoms with van der Waals surface area (Å²) in [6, 6.07) is 11.1. The van der Waals surface area contributed by atoms with Crippen LogP contribution in [-0.4, -0.2) is 23.1 Å². The first-order valence-electron chi connectivity index (χ1n) is 8.07. The predicted molar refractivity (Wildman–Crippen MR) is 98.7 cm³/mol. The van der Waals surface area contributed by atoms with Crippen LogP contribution in [0.5, 0.6) is 5.88 Å². The van der Waals surface area contributed by atoms with E-state index in [2.05, 4.69) is 39.9 Å². The zero-order valence-electron chi connectivity index (χ0n) is 13.7. The number of aromatic nitrogens is 2. The number of benzene rings is 1. The summed E-state index contributed by atoms with van der Waals surface area (Å²) in [4.78, 5) is 9.17. The molecule has 0 radical (unpaired) electrons. The van der Waals surface area contributed by atoms with E-state index in [1.807, 2.05) is 19.2 Å². The maximum Gasteiger partial charge on any atom is 0.215 e. The molecule has 1 aliphatic carbocycles. The largest absolute Gasteiger partial charge is 0.481 e. The van der Waals surface area contributed by atoms with Gasteiger partial charge in [-0.3, -0.25) is 0 Å². The molecule has 2 heterocycles. The van der Waals surface area contributed by atoms with Crippen LogP contribution in [0.2, 0.25) is 0 Å². The molecule has 1 fully saturated rings. The molecular formula is C19H19N3OS. The van der Waals surface area contributed by atoms with Gasteiger partial charge in [0.1, 0.15) is 0 Å². The van der Waals surface area contributed by atoms with Crippen molar-refractivity contribution in [1.29, 1.82) is 0 Å². The van der Waals surface area contributed by atoms with Crippen molar-refractivity contribution in [2.45, 2.75) is 25.8 Å². The van der Waals surface area contributed by atoms with E-state index in [0.29, 0.717) is 11.9 Å². The standard InChI is InChI=1S/C19H19N3OS/c1-12-9-13(10-20-18(12)23-2)15-5-3-4-6-16(15)17-11-24-19(22-17)21-14-7-8-14/h3-6,9-11,14H,7-8H2,1-2H3,(H,21,22). The number of anilines is 1. The zero-order valence-corrected chi connectivity index (χ0v) is 14.6. The molecule has 122 valence electrons. The van der Waals surface area contributed by atoms with Gasteiger partial charge in [0.25, 0.3) is 0 Å². The first-order chi connectivity index (χ1) is 11.7. The highest BCUT2D eigenvalue weighted by Gasteiger charge is 2.22. The Morgan fingerprint density at radius 3 is 2.71 bits per heavy atom. The summed E-state index contributed by atoms with van der Waals surface area (Å²) in [7, 11) is 1.65. The molecule has 1 aromatic carbocycles. The summed E-state index contributed by atoms with van der Waals surface area (Å²) in [5, 5.41) is 6.59. The monoisotopic (exact) mass is 337 g/mol. The van der Waals surface area contributed by atoms with E-state index in [-0.39, 0.29) is 0 Å². The van der Waals surface area contributed by atoms with Crippen LogP contribution < -0.4 is 10.1 Å². The van der Waals surface area contributed by atoms with E-state index in [0.717, 1.165) is 33.1 Å². The Morgan fingerprint density at radius 1 is 1.21 bits per heavy atom. The minimum Gasteiger partial charge on any atom is -0.481 e. The quantitative estimate of drug-likeness (QED) is 0.729. The van der Waals surface area contributed by atoms with Gasteiger partial charge < -0.3 is 10.1 Å². The fourth-order valence-electron chi connectivity index (χ4n) is 2.75. The van der Waals surface area contributed by atoms with Gasteiger partial charge in [-0.1, -0.05) is 24.3 Å². The number of thiazole rings is 1. The van der Waals surface area contributed by atoms with Gasteiger partial charge in [-0.25, -0.2) is 9.97 Å². The van der Waals surface area contributed by atoms with Crippen LogP contribution in [0, 0.1) is 6.92 Å². The lowest BCUT2D eigenvalue weighted by atomic mass is 9.98. The highest BCUT2D eigenvalue weighted by Crippen LogP contribution is 2.35. The Balaban J connectivity index is 1.72. The molecule has 0 bridgehead atoms. The number of hydrogen-bond donors (Lipinski definition) is 1. The SMILES string of the molecule is COc1ncc(-c2ccccc2-c2csc(NC3CC3)n2)cc1C. The van der Waals surface area contributed by atoms with Gasteiger partial charge in [-0.05, 0) is 31.4 Å². The van der Waals surface area contributed by atoms with Crippen molar-refractivity contribution >= 4 is 16.5 Å². The fourth-order valence-corrected chi connectivity index (χ4v) is 3.54. The zero-order chi connectivity index (χ0) is 16.5. The van der Waals surface area contributed by atoms with Crippen LogP contribution in [0.1, 0.15) is 18.4 Å². The Morgan fingerprint density at radius 2 is 2.00 bits per heavy atom. The van der Waals surface area contributed by atoms with Crippen molar-refractivity contribution in [3.63, 3.8) is 0 Å². The van der Waals surface area contributed by atoms with Gasteiger partial charge in [0.05, 0.1) is 12.8 Å². The van der Waals surface area contributed by atoms with Crippen LogP contribution in [-0.2, 0) is 0 Å². The van der Waals surface area contributed by atoms with E-state index in [1.54, 1.807) is 18.4 Å². The van der Waals surface area contributed by atoms with Crippen molar-refractivity contribution in [1.82, 2.24) is 9.97 Å². The second-order valence-corrected chi connectivity index (χ2v) is 6.91. The van der Waals surface area contributed by atoms with Crippen molar-refractivity contribution < 1.29 is 4.74 Å². The molecule has 0 atom stereocenters.